The van der Waals surface area contributed by atoms with Crippen LogP contribution in [0.3, 0.4) is 0 Å². The first-order chi connectivity index (χ1) is 27.8. The Kier molecular flexibility index (Phi) is 7.53. The number of rotatable bonds is 6. The highest BCUT2D eigenvalue weighted by molar-refractivity contribution is 6.12. The first kappa shape index (κ1) is 32.0. The van der Waals surface area contributed by atoms with E-state index in [-0.39, 0.29) is 0 Å². The number of nitrogens with zero attached hydrogens (tertiary/aromatic N) is 2. The van der Waals surface area contributed by atoms with Crippen molar-refractivity contribution < 1.29 is 0 Å². The van der Waals surface area contributed by atoms with Crippen molar-refractivity contribution in [3.63, 3.8) is 0 Å². The van der Waals surface area contributed by atoms with Gasteiger partial charge >= 0.3 is 0 Å². The van der Waals surface area contributed by atoms with Crippen molar-refractivity contribution in [2.75, 3.05) is 0 Å². The summed E-state index contributed by atoms with van der Waals surface area (Å²) in [5.74, 6) is 0. The Morgan fingerprint density at radius 3 is 1.05 bits per heavy atom. The van der Waals surface area contributed by atoms with E-state index in [9.17, 15) is 0 Å². The molecule has 262 valence electrons. The molecule has 0 amide bonds. The fourth-order valence-corrected chi connectivity index (χ4v) is 8.69. The van der Waals surface area contributed by atoms with Gasteiger partial charge in [0.05, 0.1) is 22.1 Å². The Hall–Kier alpha value is -7.42. The van der Waals surface area contributed by atoms with Crippen LogP contribution in [0.4, 0.5) is 0 Å². The monoisotopic (exact) mass is 712 g/mol. The van der Waals surface area contributed by atoms with Crippen molar-refractivity contribution >= 4 is 43.6 Å². The van der Waals surface area contributed by atoms with Gasteiger partial charge in [-0.05, 0) is 105 Å². The number of hydrogen-bond acceptors (Lipinski definition) is 0. The highest BCUT2D eigenvalue weighted by atomic mass is 15.0. The molecule has 11 aromatic rings. The predicted octanol–water partition coefficient (Wildman–Crippen LogP) is 14.5. The van der Waals surface area contributed by atoms with Crippen molar-refractivity contribution in [1.82, 2.24) is 9.13 Å². The molecule has 0 aliphatic rings. The van der Waals surface area contributed by atoms with E-state index >= 15 is 0 Å². The standard InChI is InChI=1S/C54H36N2/c1-3-13-37(14-4-1)38-23-29-43(30-24-38)55-51-21-11-9-19-47(51)49-35-41(27-33-53(49)55)42-28-34-54-50(36-42)48-20-10-12-22-52(48)56(54)44-31-25-40(26-32-44)46-18-8-7-17-45(46)39-15-5-2-6-16-39/h1-36H. The zero-order valence-corrected chi connectivity index (χ0v) is 30.7. The van der Waals surface area contributed by atoms with E-state index in [4.69, 9.17) is 0 Å². The lowest BCUT2D eigenvalue weighted by atomic mass is 9.94. The third-order valence-electron chi connectivity index (χ3n) is 11.4. The second kappa shape index (κ2) is 13.2. The van der Waals surface area contributed by atoms with Crippen LogP contribution in [0.2, 0.25) is 0 Å². The third-order valence-corrected chi connectivity index (χ3v) is 11.4. The summed E-state index contributed by atoms with van der Waals surface area (Å²) in [5.41, 5.74) is 16.9. The normalized spacial score (nSPS) is 11.6. The van der Waals surface area contributed by atoms with E-state index in [0.29, 0.717) is 0 Å². The lowest BCUT2D eigenvalue weighted by Gasteiger charge is -2.12. The Morgan fingerprint density at radius 1 is 0.214 bits per heavy atom. The molecular weight excluding hydrogens is 677 g/mol. The molecule has 0 aliphatic heterocycles. The molecule has 0 unspecified atom stereocenters. The van der Waals surface area contributed by atoms with Gasteiger partial charge in [0, 0.05) is 32.9 Å². The summed E-state index contributed by atoms with van der Waals surface area (Å²) in [6.45, 7) is 0. The average Bonchev–Trinajstić information content (AvgIpc) is 3.79. The Bertz CT molecular complexity index is 3200. The van der Waals surface area contributed by atoms with Crippen molar-refractivity contribution in [1.29, 1.82) is 0 Å². The van der Waals surface area contributed by atoms with Crippen LogP contribution in [0.25, 0.3) is 99.5 Å². The smallest absolute Gasteiger partial charge is 0.0541 e. The van der Waals surface area contributed by atoms with Gasteiger partial charge < -0.3 is 9.13 Å². The van der Waals surface area contributed by atoms with Gasteiger partial charge in [-0.3, -0.25) is 0 Å². The maximum atomic E-state index is 2.40. The summed E-state index contributed by atoms with van der Waals surface area (Å²) in [7, 11) is 0. The van der Waals surface area contributed by atoms with E-state index in [0.717, 1.165) is 11.4 Å². The molecule has 2 heterocycles. The van der Waals surface area contributed by atoms with E-state index in [2.05, 4.69) is 228 Å². The molecular formula is C54H36N2. The molecule has 56 heavy (non-hydrogen) atoms. The van der Waals surface area contributed by atoms with Crippen LogP contribution < -0.4 is 0 Å². The highest BCUT2D eigenvalue weighted by Gasteiger charge is 2.17. The molecule has 0 saturated carbocycles. The zero-order valence-electron chi connectivity index (χ0n) is 30.7. The lowest BCUT2D eigenvalue weighted by Crippen LogP contribution is -1.94. The average molecular weight is 713 g/mol. The summed E-state index contributed by atoms with van der Waals surface area (Å²) in [6.07, 6.45) is 0. The van der Waals surface area contributed by atoms with Crippen molar-refractivity contribution in [2.24, 2.45) is 0 Å². The SMILES string of the molecule is c1ccc(-c2ccc(-n3c4ccccc4c4cc(-c5ccc6c(c5)c5ccccc5n6-c5ccc(-c6ccccc6-c6ccccc6)cc5)ccc43)cc2)cc1. The number of fused-ring (bicyclic) bond motifs is 6. The summed E-state index contributed by atoms with van der Waals surface area (Å²) in [6, 6.07) is 79.3. The molecule has 0 N–H and O–H groups in total. The second-order valence-corrected chi connectivity index (χ2v) is 14.5. The van der Waals surface area contributed by atoms with Crippen LogP contribution in [0.5, 0.6) is 0 Å². The van der Waals surface area contributed by atoms with Crippen molar-refractivity contribution in [3.05, 3.63) is 218 Å². The minimum absolute atomic E-state index is 1.15. The van der Waals surface area contributed by atoms with Gasteiger partial charge in [0.2, 0.25) is 0 Å². The number of para-hydroxylation sites is 2. The summed E-state index contributed by atoms with van der Waals surface area (Å²) < 4.78 is 4.80. The van der Waals surface area contributed by atoms with Gasteiger partial charge in [0.15, 0.2) is 0 Å². The number of hydrogen-bond donors (Lipinski definition) is 0. The molecule has 0 atom stereocenters. The van der Waals surface area contributed by atoms with Gasteiger partial charge in [-0.1, -0.05) is 158 Å². The minimum atomic E-state index is 1.15. The fraction of sp³-hybridized carbons (Fsp3) is 0. The van der Waals surface area contributed by atoms with Crippen LogP contribution in [-0.2, 0) is 0 Å². The van der Waals surface area contributed by atoms with Crippen molar-refractivity contribution in [3.8, 4) is 55.9 Å². The maximum Gasteiger partial charge on any atom is 0.0541 e. The Morgan fingerprint density at radius 2 is 0.554 bits per heavy atom. The quantitative estimate of drug-likeness (QED) is 0.162. The number of aromatic nitrogens is 2. The summed E-state index contributed by atoms with van der Waals surface area (Å²) >= 11 is 0. The zero-order chi connectivity index (χ0) is 37.0. The molecule has 0 aliphatic carbocycles. The first-order valence-electron chi connectivity index (χ1n) is 19.3. The first-order valence-corrected chi connectivity index (χ1v) is 19.3. The molecule has 0 spiro atoms. The van der Waals surface area contributed by atoms with Crippen LogP contribution in [-0.4, -0.2) is 9.13 Å². The van der Waals surface area contributed by atoms with Gasteiger partial charge in [0.1, 0.15) is 0 Å². The minimum Gasteiger partial charge on any atom is -0.309 e. The van der Waals surface area contributed by atoms with Gasteiger partial charge in [-0.15, -0.1) is 0 Å². The van der Waals surface area contributed by atoms with Crippen LogP contribution >= 0.6 is 0 Å². The molecule has 2 heteroatoms. The van der Waals surface area contributed by atoms with E-state index in [1.807, 2.05) is 0 Å². The topological polar surface area (TPSA) is 9.86 Å². The Balaban J connectivity index is 0.993. The largest absolute Gasteiger partial charge is 0.309 e. The molecule has 0 saturated heterocycles. The molecule has 9 aromatic carbocycles. The van der Waals surface area contributed by atoms with Gasteiger partial charge in [0.25, 0.3) is 0 Å². The molecule has 2 nitrogen and oxygen atoms in total. The number of benzene rings is 9. The van der Waals surface area contributed by atoms with Gasteiger partial charge in [-0.2, -0.15) is 0 Å². The predicted molar refractivity (Wildman–Crippen MR) is 237 cm³/mol. The van der Waals surface area contributed by atoms with Gasteiger partial charge in [-0.25, -0.2) is 0 Å². The lowest BCUT2D eigenvalue weighted by molar-refractivity contribution is 1.18. The Labute approximate surface area is 325 Å². The molecule has 0 radical (unpaired) electrons. The van der Waals surface area contributed by atoms with Crippen LogP contribution in [0.15, 0.2) is 218 Å². The van der Waals surface area contributed by atoms with E-state index in [1.54, 1.807) is 0 Å². The maximum absolute atomic E-state index is 2.40. The molecule has 0 fully saturated rings. The van der Waals surface area contributed by atoms with Crippen molar-refractivity contribution in [2.45, 2.75) is 0 Å². The van der Waals surface area contributed by atoms with E-state index in [1.165, 1.54) is 88.1 Å². The molecule has 2 aromatic heterocycles. The fourth-order valence-electron chi connectivity index (χ4n) is 8.69. The highest BCUT2D eigenvalue weighted by Crippen LogP contribution is 2.39. The molecule has 0 bridgehead atoms. The third kappa shape index (κ3) is 5.26. The van der Waals surface area contributed by atoms with Crippen LogP contribution in [0, 0.1) is 0 Å². The summed E-state index contributed by atoms with van der Waals surface area (Å²) in [5, 5.41) is 5.00. The van der Waals surface area contributed by atoms with E-state index < -0.39 is 0 Å². The van der Waals surface area contributed by atoms with Crippen LogP contribution in [0.1, 0.15) is 0 Å². The summed E-state index contributed by atoms with van der Waals surface area (Å²) in [4.78, 5) is 0. The molecule has 11 rings (SSSR count). The second-order valence-electron chi connectivity index (χ2n) is 14.5.